The molecule has 0 spiro atoms. The summed E-state index contributed by atoms with van der Waals surface area (Å²) < 4.78 is 12.8. The van der Waals surface area contributed by atoms with Gasteiger partial charge < -0.3 is 19.8 Å². The monoisotopic (exact) mass is 275 g/mol. The minimum Gasteiger partial charge on any atom is -0.399 e. The lowest BCUT2D eigenvalue weighted by atomic mass is 10.3. The summed E-state index contributed by atoms with van der Waals surface area (Å²) in [6.07, 6.45) is 2.48. The molecular weight excluding hydrogens is 254 g/mol. The Bertz CT molecular complexity index is 590. The molecule has 108 valence electrons. The van der Waals surface area contributed by atoms with Crippen LogP contribution in [0.4, 0.5) is 5.69 Å². The van der Waals surface area contributed by atoms with Crippen molar-refractivity contribution in [2.45, 2.75) is 25.3 Å². The van der Waals surface area contributed by atoms with Gasteiger partial charge in [0.15, 0.2) is 0 Å². The van der Waals surface area contributed by atoms with Gasteiger partial charge in [-0.25, -0.2) is 4.98 Å². The minimum atomic E-state index is 0.614. The second-order valence-corrected chi connectivity index (χ2v) is 5.25. The summed E-state index contributed by atoms with van der Waals surface area (Å²) in [5.74, 6) is 1.79. The number of fused-ring (bicyclic) bond motifs is 1. The van der Waals surface area contributed by atoms with Crippen LogP contribution in [-0.2, 0) is 16.0 Å². The molecule has 1 aromatic heterocycles. The Labute approximate surface area is 118 Å². The van der Waals surface area contributed by atoms with Crippen molar-refractivity contribution in [2.24, 2.45) is 0 Å². The lowest BCUT2D eigenvalue weighted by Crippen LogP contribution is -2.11. The van der Waals surface area contributed by atoms with Crippen molar-refractivity contribution in [3.63, 3.8) is 0 Å². The molecule has 1 fully saturated rings. The molecule has 1 heterocycles. The van der Waals surface area contributed by atoms with Crippen molar-refractivity contribution in [3.05, 3.63) is 24.0 Å². The Kier molecular flexibility index (Phi) is 3.89. The maximum atomic E-state index is 5.84. The van der Waals surface area contributed by atoms with Crippen molar-refractivity contribution >= 4 is 16.7 Å². The number of ether oxygens (including phenoxy) is 2. The lowest BCUT2D eigenvalue weighted by Gasteiger charge is -2.09. The van der Waals surface area contributed by atoms with Crippen LogP contribution in [0.3, 0.4) is 0 Å². The molecule has 0 bridgehead atoms. The zero-order valence-corrected chi connectivity index (χ0v) is 11.8. The van der Waals surface area contributed by atoms with Crippen LogP contribution in [0.25, 0.3) is 11.0 Å². The average Bonchev–Trinajstić information content (AvgIpc) is 3.22. The van der Waals surface area contributed by atoms with Gasteiger partial charge >= 0.3 is 0 Å². The van der Waals surface area contributed by atoms with Gasteiger partial charge in [0.05, 0.1) is 30.9 Å². The molecule has 1 saturated carbocycles. The standard InChI is InChI=1S/C15H21N3O2/c1-19-8-9-20-7-6-18-14-5-4-12(16)10-13(14)17-15(18)11-2-3-11/h4-5,10-11H,2-3,6-9,16H2,1H3. The first-order chi connectivity index (χ1) is 9.79. The second-order valence-electron chi connectivity index (χ2n) is 5.25. The Morgan fingerprint density at radius 1 is 1.30 bits per heavy atom. The van der Waals surface area contributed by atoms with Crippen molar-refractivity contribution in [1.29, 1.82) is 0 Å². The van der Waals surface area contributed by atoms with Gasteiger partial charge in [0.25, 0.3) is 0 Å². The molecule has 0 atom stereocenters. The molecule has 3 rings (SSSR count). The van der Waals surface area contributed by atoms with Crippen molar-refractivity contribution in [2.75, 3.05) is 32.7 Å². The molecule has 0 aliphatic heterocycles. The number of aromatic nitrogens is 2. The molecular formula is C15H21N3O2. The third-order valence-electron chi connectivity index (χ3n) is 3.64. The van der Waals surface area contributed by atoms with Crippen LogP contribution >= 0.6 is 0 Å². The van der Waals surface area contributed by atoms with Gasteiger partial charge in [-0.1, -0.05) is 0 Å². The zero-order valence-electron chi connectivity index (χ0n) is 11.8. The topological polar surface area (TPSA) is 62.3 Å². The number of anilines is 1. The van der Waals surface area contributed by atoms with Gasteiger partial charge in [-0.15, -0.1) is 0 Å². The number of methoxy groups -OCH3 is 1. The van der Waals surface area contributed by atoms with Gasteiger partial charge in [0.2, 0.25) is 0 Å². The summed E-state index contributed by atoms with van der Waals surface area (Å²) >= 11 is 0. The molecule has 1 aromatic carbocycles. The Morgan fingerprint density at radius 2 is 2.15 bits per heavy atom. The van der Waals surface area contributed by atoms with Gasteiger partial charge in [-0.2, -0.15) is 0 Å². The van der Waals surface area contributed by atoms with E-state index in [9.17, 15) is 0 Å². The van der Waals surface area contributed by atoms with Crippen LogP contribution in [0.15, 0.2) is 18.2 Å². The SMILES string of the molecule is COCCOCCn1c(C2CC2)nc2cc(N)ccc21. The largest absolute Gasteiger partial charge is 0.399 e. The van der Waals surface area contributed by atoms with E-state index >= 15 is 0 Å². The molecule has 1 aliphatic rings. The fraction of sp³-hybridized carbons (Fsp3) is 0.533. The number of hydrogen-bond acceptors (Lipinski definition) is 4. The van der Waals surface area contributed by atoms with E-state index in [1.54, 1.807) is 7.11 Å². The van der Waals surface area contributed by atoms with Gasteiger partial charge in [0.1, 0.15) is 5.82 Å². The maximum Gasteiger partial charge on any atom is 0.113 e. The smallest absolute Gasteiger partial charge is 0.113 e. The molecule has 2 N–H and O–H groups in total. The highest BCUT2D eigenvalue weighted by molar-refractivity contribution is 5.79. The van der Waals surface area contributed by atoms with Gasteiger partial charge in [-0.3, -0.25) is 0 Å². The van der Waals surface area contributed by atoms with E-state index in [1.807, 2.05) is 12.1 Å². The number of imidazole rings is 1. The first-order valence-corrected chi connectivity index (χ1v) is 7.12. The fourth-order valence-electron chi connectivity index (χ4n) is 2.45. The van der Waals surface area contributed by atoms with Crippen molar-refractivity contribution < 1.29 is 9.47 Å². The molecule has 0 amide bonds. The first kappa shape index (κ1) is 13.4. The van der Waals surface area contributed by atoms with Crippen LogP contribution in [0, 0.1) is 0 Å². The maximum absolute atomic E-state index is 5.84. The number of nitrogens with zero attached hydrogens (tertiary/aromatic N) is 2. The molecule has 20 heavy (non-hydrogen) atoms. The van der Waals surface area contributed by atoms with Crippen LogP contribution < -0.4 is 5.73 Å². The Balaban J connectivity index is 1.78. The third kappa shape index (κ3) is 2.78. The van der Waals surface area contributed by atoms with Crippen LogP contribution in [-0.4, -0.2) is 36.5 Å². The molecule has 5 heteroatoms. The summed E-state index contributed by atoms with van der Waals surface area (Å²) in [7, 11) is 1.68. The zero-order chi connectivity index (χ0) is 13.9. The highest BCUT2D eigenvalue weighted by Gasteiger charge is 2.29. The summed E-state index contributed by atoms with van der Waals surface area (Å²) in [4.78, 5) is 4.75. The number of nitrogen functional groups attached to an aromatic ring is 1. The van der Waals surface area contributed by atoms with E-state index in [0.717, 1.165) is 23.3 Å². The molecule has 1 aliphatic carbocycles. The third-order valence-corrected chi connectivity index (χ3v) is 3.64. The normalized spacial score (nSPS) is 15.1. The fourth-order valence-corrected chi connectivity index (χ4v) is 2.45. The van der Waals surface area contributed by atoms with E-state index in [1.165, 1.54) is 18.7 Å². The van der Waals surface area contributed by atoms with Crippen LogP contribution in [0.1, 0.15) is 24.6 Å². The second kappa shape index (κ2) is 5.81. The molecule has 5 nitrogen and oxygen atoms in total. The van der Waals surface area contributed by atoms with E-state index in [0.29, 0.717) is 25.7 Å². The van der Waals surface area contributed by atoms with Gasteiger partial charge in [-0.05, 0) is 31.0 Å². The molecule has 0 radical (unpaired) electrons. The lowest BCUT2D eigenvalue weighted by molar-refractivity contribution is 0.0667. The van der Waals surface area contributed by atoms with Crippen molar-refractivity contribution in [3.8, 4) is 0 Å². The number of rotatable bonds is 7. The Morgan fingerprint density at radius 3 is 2.90 bits per heavy atom. The predicted molar refractivity (Wildman–Crippen MR) is 78.8 cm³/mol. The van der Waals surface area contributed by atoms with E-state index < -0.39 is 0 Å². The average molecular weight is 275 g/mol. The quantitative estimate of drug-likeness (QED) is 0.621. The summed E-state index contributed by atoms with van der Waals surface area (Å²) in [6, 6.07) is 5.94. The van der Waals surface area contributed by atoms with Gasteiger partial charge in [0, 0.05) is 25.3 Å². The molecule has 0 unspecified atom stereocenters. The first-order valence-electron chi connectivity index (χ1n) is 7.12. The van der Waals surface area contributed by atoms with Crippen LogP contribution in [0.5, 0.6) is 0 Å². The van der Waals surface area contributed by atoms with E-state index in [-0.39, 0.29) is 0 Å². The summed E-state index contributed by atoms with van der Waals surface area (Å²) in [6.45, 7) is 2.78. The van der Waals surface area contributed by atoms with Crippen LogP contribution in [0.2, 0.25) is 0 Å². The predicted octanol–water partition coefficient (Wildman–Crippen LogP) is 2.16. The highest BCUT2D eigenvalue weighted by atomic mass is 16.5. The summed E-state index contributed by atoms with van der Waals surface area (Å²) in [5, 5.41) is 0. The summed E-state index contributed by atoms with van der Waals surface area (Å²) in [5.41, 5.74) is 8.75. The molecule has 2 aromatic rings. The number of benzene rings is 1. The van der Waals surface area contributed by atoms with E-state index in [2.05, 4.69) is 10.6 Å². The van der Waals surface area contributed by atoms with Crippen molar-refractivity contribution in [1.82, 2.24) is 9.55 Å². The highest BCUT2D eigenvalue weighted by Crippen LogP contribution is 2.40. The van der Waals surface area contributed by atoms with E-state index in [4.69, 9.17) is 20.2 Å². The number of nitrogens with two attached hydrogens (primary N) is 1. The Hall–Kier alpha value is -1.59. The minimum absolute atomic E-state index is 0.614. The molecule has 0 saturated heterocycles. The number of hydrogen-bond donors (Lipinski definition) is 1.